The van der Waals surface area contributed by atoms with Crippen LogP contribution in [0, 0.1) is 17.7 Å². The van der Waals surface area contributed by atoms with Crippen LogP contribution in [0.15, 0.2) is 45.9 Å². The van der Waals surface area contributed by atoms with Gasteiger partial charge in [0.1, 0.15) is 11.6 Å². The zero-order valence-electron chi connectivity index (χ0n) is 16.0. The SMILES string of the molecule is Cn1ncc(C#CCCOc2ccc(F)cc2CO)c1-c1cnc2[nH]c(=O)oc2c1. The fourth-order valence-electron chi connectivity index (χ4n) is 3.02. The summed E-state index contributed by atoms with van der Waals surface area (Å²) in [5.41, 5.74) is 3.25. The number of pyridine rings is 1. The van der Waals surface area contributed by atoms with E-state index in [-0.39, 0.29) is 13.2 Å². The van der Waals surface area contributed by atoms with Crippen molar-refractivity contribution >= 4 is 11.2 Å². The molecular weight excluding hydrogens is 391 g/mol. The van der Waals surface area contributed by atoms with E-state index < -0.39 is 11.6 Å². The molecule has 0 fully saturated rings. The van der Waals surface area contributed by atoms with Crippen LogP contribution in [0.2, 0.25) is 0 Å². The molecular formula is C21H17FN4O4. The second-order valence-electron chi connectivity index (χ2n) is 6.43. The van der Waals surface area contributed by atoms with Crippen LogP contribution >= 0.6 is 0 Å². The topological polar surface area (TPSA) is 106 Å². The predicted molar refractivity (Wildman–Crippen MR) is 106 cm³/mol. The van der Waals surface area contributed by atoms with Crippen molar-refractivity contribution in [1.29, 1.82) is 0 Å². The Bertz CT molecular complexity index is 1330. The van der Waals surface area contributed by atoms with Crippen molar-refractivity contribution in [3.8, 4) is 28.8 Å². The normalized spacial score (nSPS) is 10.8. The molecule has 4 rings (SSSR count). The number of ether oxygens (including phenoxy) is 1. The van der Waals surface area contributed by atoms with Crippen LogP contribution in [0.1, 0.15) is 17.5 Å². The van der Waals surface area contributed by atoms with E-state index in [0.29, 0.717) is 40.1 Å². The Balaban J connectivity index is 1.49. The molecule has 0 atom stereocenters. The number of oxazole rings is 1. The molecule has 0 bridgehead atoms. The van der Waals surface area contributed by atoms with Crippen molar-refractivity contribution in [3.63, 3.8) is 0 Å². The van der Waals surface area contributed by atoms with Crippen LogP contribution in [0.4, 0.5) is 4.39 Å². The third-order valence-corrected chi connectivity index (χ3v) is 4.39. The second kappa shape index (κ2) is 8.23. The standard InChI is InChI=1S/C21H17FN4O4/c1-26-19(14-9-18-20(23-10-14)25-21(28)30-18)13(11-24-26)4-2-3-7-29-17-6-5-16(22)8-15(17)12-27/h5-6,8-11,27H,3,7,12H2,1H3,(H,23,25,28). The van der Waals surface area contributed by atoms with Gasteiger partial charge in [-0.2, -0.15) is 5.10 Å². The molecule has 0 saturated heterocycles. The third kappa shape index (κ3) is 3.94. The average molecular weight is 408 g/mol. The lowest BCUT2D eigenvalue weighted by atomic mass is 10.1. The second-order valence-corrected chi connectivity index (χ2v) is 6.43. The maximum Gasteiger partial charge on any atom is 0.418 e. The minimum atomic E-state index is -0.565. The summed E-state index contributed by atoms with van der Waals surface area (Å²) in [6.45, 7) is -0.0271. The third-order valence-electron chi connectivity index (χ3n) is 4.39. The molecule has 0 saturated carbocycles. The van der Waals surface area contributed by atoms with Gasteiger partial charge in [0.2, 0.25) is 0 Å². The number of aliphatic hydroxyl groups is 1. The molecule has 0 aliphatic heterocycles. The van der Waals surface area contributed by atoms with Crippen molar-refractivity contribution in [1.82, 2.24) is 19.7 Å². The van der Waals surface area contributed by atoms with E-state index in [2.05, 4.69) is 26.9 Å². The van der Waals surface area contributed by atoms with Gasteiger partial charge in [-0.15, -0.1) is 0 Å². The molecule has 0 amide bonds. The summed E-state index contributed by atoms with van der Waals surface area (Å²) in [7, 11) is 1.78. The first-order chi connectivity index (χ1) is 14.5. The van der Waals surface area contributed by atoms with E-state index >= 15 is 0 Å². The zero-order chi connectivity index (χ0) is 21.1. The fraction of sp³-hybridized carbons (Fsp3) is 0.190. The Labute approximate surface area is 169 Å². The van der Waals surface area contributed by atoms with E-state index in [9.17, 15) is 14.3 Å². The highest BCUT2D eigenvalue weighted by Gasteiger charge is 2.12. The number of benzene rings is 1. The highest BCUT2D eigenvalue weighted by atomic mass is 19.1. The Morgan fingerprint density at radius 2 is 2.20 bits per heavy atom. The largest absolute Gasteiger partial charge is 0.492 e. The van der Waals surface area contributed by atoms with Crippen LogP contribution in [0.5, 0.6) is 5.75 Å². The molecule has 0 aliphatic carbocycles. The lowest BCUT2D eigenvalue weighted by Gasteiger charge is -2.08. The summed E-state index contributed by atoms with van der Waals surface area (Å²) in [5.74, 6) is 5.51. The van der Waals surface area contributed by atoms with Crippen molar-refractivity contribution in [3.05, 3.63) is 64.2 Å². The first kappa shape index (κ1) is 19.4. The number of aromatic amines is 1. The summed E-state index contributed by atoms with van der Waals surface area (Å²) in [6, 6.07) is 5.70. The number of H-pyrrole nitrogens is 1. The minimum Gasteiger partial charge on any atom is -0.492 e. The zero-order valence-corrected chi connectivity index (χ0v) is 16.0. The number of rotatable bonds is 5. The molecule has 3 aromatic heterocycles. The number of halogens is 1. The minimum absolute atomic E-state index is 0.281. The van der Waals surface area contributed by atoms with E-state index in [1.165, 1.54) is 18.2 Å². The lowest BCUT2D eigenvalue weighted by Crippen LogP contribution is -2.00. The monoisotopic (exact) mass is 408 g/mol. The van der Waals surface area contributed by atoms with Crippen molar-refractivity contribution in [2.45, 2.75) is 13.0 Å². The van der Waals surface area contributed by atoms with Gasteiger partial charge in [-0.3, -0.25) is 9.67 Å². The van der Waals surface area contributed by atoms with Gasteiger partial charge in [0.15, 0.2) is 11.2 Å². The Hall–Kier alpha value is -3.90. The number of aromatic nitrogens is 4. The van der Waals surface area contributed by atoms with Crippen LogP contribution in [0.25, 0.3) is 22.5 Å². The van der Waals surface area contributed by atoms with Gasteiger partial charge in [-0.1, -0.05) is 11.8 Å². The van der Waals surface area contributed by atoms with Gasteiger partial charge in [0.05, 0.1) is 30.7 Å². The molecule has 0 spiro atoms. The molecule has 1 aromatic carbocycles. The number of hydrogen-bond donors (Lipinski definition) is 2. The quantitative estimate of drug-likeness (QED) is 0.388. The molecule has 9 heteroatoms. The molecule has 4 aromatic rings. The number of aryl methyl sites for hydroxylation is 1. The Morgan fingerprint density at radius 1 is 1.33 bits per heavy atom. The van der Waals surface area contributed by atoms with Crippen LogP contribution in [-0.4, -0.2) is 31.5 Å². The van der Waals surface area contributed by atoms with Crippen LogP contribution in [-0.2, 0) is 13.7 Å². The van der Waals surface area contributed by atoms with Crippen molar-refractivity contribution in [2.75, 3.05) is 6.61 Å². The van der Waals surface area contributed by atoms with Crippen LogP contribution < -0.4 is 10.5 Å². The lowest BCUT2D eigenvalue weighted by molar-refractivity contribution is 0.264. The van der Waals surface area contributed by atoms with Gasteiger partial charge in [0.25, 0.3) is 0 Å². The van der Waals surface area contributed by atoms with E-state index in [0.717, 1.165) is 5.69 Å². The number of nitrogens with one attached hydrogen (secondary N) is 1. The maximum absolute atomic E-state index is 13.2. The van der Waals surface area contributed by atoms with Gasteiger partial charge >= 0.3 is 5.76 Å². The number of aliphatic hydroxyl groups excluding tert-OH is 1. The highest BCUT2D eigenvalue weighted by molar-refractivity contribution is 5.77. The summed E-state index contributed by atoms with van der Waals surface area (Å²) >= 11 is 0. The molecule has 0 unspecified atom stereocenters. The Kier molecular flexibility index (Phi) is 5.32. The van der Waals surface area contributed by atoms with Gasteiger partial charge in [-0.05, 0) is 24.3 Å². The first-order valence-corrected chi connectivity index (χ1v) is 9.07. The summed E-state index contributed by atoms with van der Waals surface area (Å²) < 4.78 is 25.5. The van der Waals surface area contributed by atoms with Gasteiger partial charge in [-0.25, -0.2) is 14.2 Å². The van der Waals surface area contributed by atoms with Gasteiger partial charge in [0, 0.05) is 30.8 Å². The van der Waals surface area contributed by atoms with E-state index in [1.54, 1.807) is 30.2 Å². The number of fused-ring (bicyclic) bond motifs is 1. The number of nitrogens with zero attached hydrogens (tertiary/aromatic N) is 3. The van der Waals surface area contributed by atoms with Crippen LogP contribution in [0.3, 0.4) is 0 Å². The highest BCUT2D eigenvalue weighted by Crippen LogP contribution is 2.24. The first-order valence-electron chi connectivity index (χ1n) is 9.07. The molecule has 152 valence electrons. The van der Waals surface area contributed by atoms with Crippen molar-refractivity contribution < 1.29 is 18.7 Å². The average Bonchev–Trinajstić information content (AvgIpc) is 3.29. The summed E-state index contributed by atoms with van der Waals surface area (Å²) in [6.07, 6.45) is 3.68. The molecule has 8 nitrogen and oxygen atoms in total. The molecule has 0 aliphatic rings. The molecule has 0 radical (unpaired) electrons. The van der Waals surface area contributed by atoms with Crippen molar-refractivity contribution in [2.24, 2.45) is 7.05 Å². The molecule has 3 heterocycles. The molecule has 2 N–H and O–H groups in total. The number of hydrogen-bond acceptors (Lipinski definition) is 6. The smallest absolute Gasteiger partial charge is 0.418 e. The van der Waals surface area contributed by atoms with E-state index in [4.69, 9.17) is 9.15 Å². The summed E-state index contributed by atoms with van der Waals surface area (Å²) in [5, 5.41) is 13.5. The van der Waals surface area contributed by atoms with Gasteiger partial charge < -0.3 is 14.3 Å². The van der Waals surface area contributed by atoms with E-state index in [1.807, 2.05) is 0 Å². The fourth-order valence-corrected chi connectivity index (χ4v) is 3.02. The summed E-state index contributed by atoms with van der Waals surface area (Å²) in [4.78, 5) is 18.0. The maximum atomic E-state index is 13.2. The molecule has 30 heavy (non-hydrogen) atoms. The Morgan fingerprint density at radius 3 is 3.03 bits per heavy atom. The predicted octanol–water partition coefficient (Wildman–Crippen LogP) is 2.37.